The van der Waals surface area contributed by atoms with E-state index in [4.69, 9.17) is 37.4 Å². The van der Waals surface area contributed by atoms with Crippen LogP contribution >= 0.6 is 23.2 Å². The smallest absolute Gasteiger partial charge is 0.255 e. The van der Waals surface area contributed by atoms with Crippen LogP contribution in [0.1, 0.15) is 22.8 Å². The number of hydrogen-bond donors (Lipinski definition) is 2. The maximum atomic E-state index is 12.5. The molecule has 4 aromatic carbocycles. The van der Waals surface area contributed by atoms with Gasteiger partial charge in [0, 0.05) is 59.4 Å². The Labute approximate surface area is 266 Å². The lowest BCUT2D eigenvalue weighted by Crippen LogP contribution is -2.46. The van der Waals surface area contributed by atoms with Gasteiger partial charge in [-0.15, -0.1) is 0 Å². The number of carbonyl (C=O) groups excluding carboxylic acids is 1. The maximum absolute atomic E-state index is 12.5. The van der Waals surface area contributed by atoms with Crippen LogP contribution in [0, 0.1) is 0 Å². The lowest BCUT2D eigenvalue weighted by molar-refractivity contribution is -0.164. The summed E-state index contributed by atoms with van der Waals surface area (Å²) in [6.45, 7) is 6.15. The number of piperazine rings is 1. The molecule has 2 heterocycles. The Morgan fingerprint density at radius 3 is 2.14 bits per heavy atom. The Bertz CT molecular complexity index is 1590. The average Bonchev–Trinajstić information content (AvgIpc) is 3.42. The number of carbonyl (C=O) groups is 1. The molecule has 1 amide bonds. The van der Waals surface area contributed by atoms with Crippen LogP contribution in [0.4, 0.5) is 17.1 Å². The number of phenolic OH excluding ortho intramolecular Hbond substituents is 1. The van der Waals surface area contributed by atoms with Crippen molar-refractivity contribution >= 4 is 46.2 Å². The number of rotatable bonds is 8. The fourth-order valence-electron chi connectivity index (χ4n) is 5.46. The van der Waals surface area contributed by atoms with Crippen molar-refractivity contribution in [3.63, 3.8) is 0 Å². The number of ether oxygens (including phenoxy) is 3. The molecule has 0 aromatic heterocycles. The first-order valence-corrected chi connectivity index (χ1v) is 15.2. The van der Waals surface area contributed by atoms with Crippen LogP contribution in [0.2, 0.25) is 10.0 Å². The molecule has 6 rings (SSSR count). The number of aromatic hydroxyl groups is 1. The maximum Gasteiger partial charge on any atom is 0.255 e. The first-order valence-electron chi connectivity index (χ1n) is 14.5. The second-order valence-electron chi connectivity index (χ2n) is 10.9. The van der Waals surface area contributed by atoms with E-state index in [1.807, 2.05) is 49.4 Å². The molecule has 2 N–H and O–H groups in total. The first kappa shape index (κ1) is 30.1. The third-order valence-corrected chi connectivity index (χ3v) is 8.44. The third kappa shape index (κ3) is 6.89. The molecule has 0 aliphatic carbocycles. The summed E-state index contributed by atoms with van der Waals surface area (Å²) in [6, 6.07) is 27.5. The van der Waals surface area contributed by atoms with E-state index in [1.165, 1.54) is 12.1 Å². The molecule has 44 heavy (non-hydrogen) atoms. The molecule has 0 unspecified atom stereocenters. The van der Waals surface area contributed by atoms with Crippen LogP contribution in [-0.4, -0.2) is 56.5 Å². The molecule has 8 nitrogen and oxygen atoms in total. The molecule has 0 saturated carbocycles. The number of anilines is 3. The van der Waals surface area contributed by atoms with Gasteiger partial charge in [-0.05, 0) is 91.9 Å². The van der Waals surface area contributed by atoms with Gasteiger partial charge in [0.2, 0.25) is 0 Å². The Balaban J connectivity index is 0.962. The molecule has 228 valence electrons. The Morgan fingerprint density at radius 2 is 1.52 bits per heavy atom. The summed E-state index contributed by atoms with van der Waals surface area (Å²) >= 11 is 12.4. The lowest BCUT2D eigenvalue weighted by Gasteiger charge is -2.37. The number of nitrogens with zero attached hydrogens (tertiary/aromatic N) is 2. The Morgan fingerprint density at radius 1 is 0.909 bits per heavy atom. The Kier molecular flexibility index (Phi) is 8.86. The van der Waals surface area contributed by atoms with E-state index >= 15 is 0 Å². The zero-order valence-electron chi connectivity index (χ0n) is 24.2. The monoisotopic (exact) mass is 633 g/mol. The molecule has 0 radical (unpaired) electrons. The minimum atomic E-state index is -0.950. The molecule has 10 heteroatoms. The number of halogens is 2. The molecule has 0 bridgehead atoms. The molecule has 2 aliphatic rings. The van der Waals surface area contributed by atoms with Gasteiger partial charge >= 0.3 is 0 Å². The van der Waals surface area contributed by atoms with Gasteiger partial charge in [0.15, 0.2) is 5.79 Å². The zero-order chi connectivity index (χ0) is 30.7. The summed E-state index contributed by atoms with van der Waals surface area (Å²) in [5.41, 5.74) is 4.21. The largest absolute Gasteiger partial charge is 0.508 e. The molecule has 4 aromatic rings. The number of benzene rings is 4. The fraction of sp³-hybridized carbons (Fsp3) is 0.265. The number of hydrogen-bond acceptors (Lipinski definition) is 7. The van der Waals surface area contributed by atoms with E-state index in [0.29, 0.717) is 28.8 Å². The first-order chi connectivity index (χ1) is 21.3. The molecular formula is C34H33Cl2N3O5. The molecule has 2 fully saturated rings. The summed E-state index contributed by atoms with van der Waals surface area (Å²) in [5.74, 6) is -0.268. The van der Waals surface area contributed by atoms with E-state index in [2.05, 4.69) is 27.2 Å². The quantitative estimate of drug-likeness (QED) is 0.217. The van der Waals surface area contributed by atoms with E-state index in [-0.39, 0.29) is 17.8 Å². The third-order valence-electron chi connectivity index (χ3n) is 7.89. The van der Waals surface area contributed by atoms with E-state index in [0.717, 1.165) is 54.6 Å². The second kappa shape index (κ2) is 13.0. The fourth-order valence-corrected chi connectivity index (χ4v) is 6.04. The number of amides is 1. The highest BCUT2D eigenvalue weighted by atomic mass is 35.5. The van der Waals surface area contributed by atoms with Crippen LogP contribution in [-0.2, 0) is 15.3 Å². The number of phenols is 1. The van der Waals surface area contributed by atoms with Gasteiger partial charge < -0.3 is 34.4 Å². The predicted molar refractivity (Wildman–Crippen MR) is 174 cm³/mol. The van der Waals surface area contributed by atoms with Crippen molar-refractivity contribution in [1.29, 1.82) is 0 Å². The van der Waals surface area contributed by atoms with Crippen molar-refractivity contribution in [3.05, 3.63) is 112 Å². The van der Waals surface area contributed by atoms with Gasteiger partial charge in [0.1, 0.15) is 24.2 Å². The van der Waals surface area contributed by atoms with Crippen molar-refractivity contribution in [3.8, 4) is 11.5 Å². The summed E-state index contributed by atoms with van der Waals surface area (Å²) in [7, 11) is 0. The van der Waals surface area contributed by atoms with Gasteiger partial charge in [-0.3, -0.25) is 4.79 Å². The molecule has 2 aliphatic heterocycles. The zero-order valence-corrected chi connectivity index (χ0v) is 25.7. The van der Waals surface area contributed by atoms with Crippen molar-refractivity contribution in [2.45, 2.75) is 18.8 Å². The standard InChI is InChI=1S/C34H33Cl2N3O5/c1-34(31-15-4-24(35)20-32(31)36)43-22-30(44-34)21-42-29-13-9-27(10-14-29)39-18-16-38(17-19-39)26-7-5-25(6-8-26)37-33(41)23-2-11-28(40)12-3-23/h2-15,20,30,40H,16-19,21-22H2,1H3,(H,37,41)/t30-,34+/m1/s1. The predicted octanol–water partition coefficient (Wildman–Crippen LogP) is 6.95. The normalized spacial score (nSPS) is 20.0. The van der Waals surface area contributed by atoms with Crippen LogP contribution in [0.15, 0.2) is 91.0 Å². The van der Waals surface area contributed by atoms with Crippen molar-refractivity contribution in [1.82, 2.24) is 0 Å². The van der Waals surface area contributed by atoms with Crippen LogP contribution in [0.25, 0.3) is 0 Å². The van der Waals surface area contributed by atoms with E-state index < -0.39 is 5.79 Å². The number of nitrogens with one attached hydrogen (secondary N) is 1. The summed E-state index contributed by atoms with van der Waals surface area (Å²) < 4.78 is 18.2. The van der Waals surface area contributed by atoms with Gasteiger partial charge in [-0.1, -0.05) is 29.3 Å². The summed E-state index contributed by atoms with van der Waals surface area (Å²) in [5, 5.41) is 13.4. The van der Waals surface area contributed by atoms with E-state index in [9.17, 15) is 9.90 Å². The van der Waals surface area contributed by atoms with Crippen molar-refractivity contribution in [2.24, 2.45) is 0 Å². The van der Waals surface area contributed by atoms with Crippen LogP contribution < -0.4 is 19.9 Å². The van der Waals surface area contributed by atoms with Gasteiger partial charge in [0.25, 0.3) is 5.91 Å². The topological polar surface area (TPSA) is 83.5 Å². The van der Waals surface area contributed by atoms with Gasteiger partial charge in [-0.25, -0.2) is 0 Å². The van der Waals surface area contributed by atoms with Crippen molar-refractivity contribution < 1.29 is 24.1 Å². The van der Waals surface area contributed by atoms with Gasteiger partial charge in [0.05, 0.1) is 11.6 Å². The summed E-state index contributed by atoms with van der Waals surface area (Å²) in [6.07, 6.45) is -0.232. The highest BCUT2D eigenvalue weighted by Gasteiger charge is 2.40. The van der Waals surface area contributed by atoms with E-state index in [1.54, 1.807) is 24.3 Å². The SMILES string of the molecule is C[C@]1(c2ccc(Cl)cc2Cl)OC[C@@H](COc2ccc(N3CCN(c4ccc(NC(=O)c5ccc(O)cc5)cc4)CC3)cc2)O1. The summed E-state index contributed by atoms with van der Waals surface area (Å²) in [4.78, 5) is 17.2. The molecule has 0 spiro atoms. The molecule has 2 atom stereocenters. The highest BCUT2D eigenvalue weighted by Crippen LogP contribution is 2.39. The van der Waals surface area contributed by atoms with Gasteiger partial charge in [-0.2, -0.15) is 0 Å². The van der Waals surface area contributed by atoms with Crippen LogP contribution in [0.5, 0.6) is 11.5 Å². The lowest BCUT2D eigenvalue weighted by atomic mass is 10.1. The second-order valence-corrected chi connectivity index (χ2v) is 11.8. The van der Waals surface area contributed by atoms with Crippen LogP contribution in [0.3, 0.4) is 0 Å². The average molecular weight is 635 g/mol. The minimum absolute atomic E-state index is 0.129. The molecular weight excluding hydrogens is 601 g/mol. The Hall–Kier alpha value is -3.95. The highest BCUT2D eigenvalue weighted by molar-refractivity contribution is 6.35. The molecule has 2 saturated heterocycles. The van der Waals surface area contributed by atoms with Crippen molar-refractivity contribution in [2.75, 3.05) is 54.5 Å². The minimum Gasteiger partial charge on any atom is -0.508 e.